The molecule has 2 aliphatic heterocycles. The summed E-state index contributed by atoms with van der Waals surface area (Å²) in [6.07, 6.45) is 10.8. The van der Waals surface area contributed by atoms with Gasteiger partial charge in [0, 0.05) is 24.5 Å². The molecule has 126 valence electrons. The Balaban J connectivity index is 0.00000121. The topological polar surface area (TPSA) is 41.1 Å². The van der Waals surface area contributed by atoms with Crippen molar-refractivity contribution in [1.29, 1.82) is 0 Å². The summed E-state index contributed by atoms with van der Waals surface area (Å²) < 4.78 is 0. The first-order valence-electron chi connectivity index (χ1n) is 7.96. The minimum atomic E-state index is 0. The van der Waals surface area contributed by atoms with Gasteiger partial charge >= 0.3 is 0 Å². The van der Waals surface area contributed by atoms with Gasteiger partial charge in [0.05, 0.1) is 0 Å². The monoisotopic (exact) mass is 346 g/mol. The summed E-state index contributed by atoms with van der Waals surface area (Å²) in [4.78, 5) is 11.2. The SMILES string of the molecule is Cc1ncc(CN2CCCC3(CCNCC3)CC2)cn1.Cl.Cl. The Morgan fingerprint density at radius 1 is 1.05 bits per heavy atom. The number of halogens is 2. The quantitative estimate of drug-likeness (QED) is 0.893. The van der Waals surface area contributed by atoms with Gasteiger partial charge in [0.15, 0.2) is 0 Å². The van der Waals surface area contributed by atoms with E-state index < -0.39 is 0 Å². The van der Waals surface area contributed by atoms with Crippen LogP contribution < -0.4 is 5.32 Å². The van der Waals surface area contributed by atoms with E-state index in [4.69, 9.17) is 0 Å². The molecule has 4 nitrogen and oxygen atoms in total. The molecule has 1 spiro atoms. The first-order valence-corrected chi connectivity index (χ1v) is 7.96. The van der Waals surface area contributed by atoms with Crippen LogP contribution >= 0.6 is 24.8 Å². The zero-order valence-electron chi connectivity index (χ0n) is 13.4. The van der Waals surface area contributed by atoms with E-state index in [0.29, 0.717) is 5.41 Å². The summed E-state index contributed by atoms with van der Waals surface area (Å²) >= 11 is 0. The molecule has 0 saturated carbocycles. The number of nitrogens with one attached hydrogen (secondary N) is 1. The van der Waals surface area contributed by atoms with Crippen molar-refractivity contribution in [2.24, 2.45) is 5.41 Å². The second-order valence-electron chi connectivity index (χ2n) is 6.52. The molecule has 0 aliphatic carbocycles. The third-order valence-corrected chi connectivity index (χ3v) is 5.04. The van der Waals surface area contributed by atoms with Gasteiger partial charge in [-0.05, 0) is 70.6 Å². The van der Waals surface area contributed by atoms with E-state index >= 15 is 0 Å². The molecule has 0 radical (unpaired) electrons. The molecule has 1 aromatic heterocycles. The average Bonchev–Trinajstić information content (AvgIpc) is 2.66. The number of hydrogen-bond donors (Lipinski definition) is 1. The molecular weight excluding hydrogens is 319 g/mol. The predicted molar refractivity (Wildman–Crippen MR) is 94.9 cm³/mol. The van der Waals surface area contributed by atoms with Crippen molar-refractivity contribution in [2.45, 2.75) is 45.6 Å². The molecule has 0 unspecified atom stereocenters. The van der Waals surface area contributed by atoms with Gasteiger partial charge in [0.1, 0.15) is 5.82 Å². The van der Waals surface area contributed by atoms with Crippen molar-refractivity contribution in [3.8, 4) is 0 Å². The maximum Gasteiger partial charge on any atom is 0.125 e. The molecule has 2 fully saturated rings. The van der Waals surface area contributed by atoms with E-state index in [0.717, 1.165) is 12.4 Å². The highest BCUT2D eigenvalue weighted by molar-refractivity contribution is 5.85. The number of aromatic nitrogens is 2. The number of nitrogens with zero attached hydrogens (tertiary/aromatic N) is 3. The van der Waals surface area contributed by atoms with Crippen molar-refractivity contribution in [2.75, 3.05) is 26.2 Å². The van der Waals surface area contributed by atoms with E-state index in [-0.39, 0.29) is 24.8 Å². The second kappa shape index (κ2) is 9.02. The fraction of sp³-hybridized carbons (Fsp3) is 0.750. The van der Waals surface area contributed by atoms with E-state index in [1.807, 2.05) is 19.3 Å². The van der Waals surface area contributed by atoms with Gasteiger partial charge in [0.2, 0.25) is 0 Å². The molecule has 0 amide bonds. The lowest BCUT2D eigenvalue weighted by Crippen LogP contribution is -2.37. The Labute approximate surface area is 146 Å². The molecule has 0 aromatic carbocycles. The first-order chi connectivity index (χ1) is 9.76. The van der Waals surface area contributed by atoms with Gasteiger partial charge in [-0.1, -0.05) is 0 Å². The van der Waals surface area contributed by atoms with E-state index in [9.17, 15) is 0 Å². The molecule has 2 saturated heterocycles. The van der Waals surface area contributed by atoms with Gasteiger partial charge < -0.3 is 5.32 Å². The van der Waals surface area contributed by atoms with Crippen LogP contribution in [-0.2, 0) is 6.54 Å². The van der Waals surface area contributed by atoms with E-state index in [1.54, 1.807) is 0 Å². The Hall–Kier alpha value is -0.420. The maximum atomic E-state index is 4.31. The minimum absolute atomic E-state index is 0. The van der Waals surface area contributed by atoms with Crippen LogP contribution in [0.25, 0.3) is 0 Å². The lowest BCUT2D eigenvalue weighted by Gasteiger charge is -2.37. The van der Waals surface area contributed by atoms with Gasteiger partial charge in [-0.2, -0.15) is 0 Å². The molecule has 2 aliphatic rings. The average molecular weight is 347 g/mol. The lowest BCUT2D eigenvalue weighted by atomic mass is 9.73. The summed E-state index contributed by atoms with van der Waals surface area (Å²) in [6, 6.07) is 0. The van der Waals surface area contributed by atoms with Crippen molar-refractivity contribution in [3.05, 3.63) is 23.8 Å². The third kappa shape index (κ3) is 5.05. The molecule has 3 heterocycles. The van der Waals surface area contributed by atoms with E-state index in [1.165, 1.54) is 63.8 Å². The fourth-order valence-electron chi connectivity index (χ4n) is 3.68. The smallest absolute Gasteiger partial charge is 0.125 e. The van der Waals surface area contributed by atoms with Gasteiger partial charge in [-0.25, -0.2) is 9.97 Å². The maximum absolute atomic E-state index is 4.31. The molecule has 0 atom stereocenters. The summed E-state index contributed by atoms with van der Waals surface area (Å²) in [5.41, 5.74) is 1.88. The Kier molecular flexibility index (Phi) is 8.04. The number of rotatable bonds is 2. The number of likely N-dealkylation sites (tertiary alicyclic amines) is 1. The van der Waals surface area contributed by atoms with Crippen LogP contribution in [0.3, 0.4) is 0 Å². The first kappa shape index (κ1) is 19.6. The Morgan fingerprint density at radius 3 is 2.41 bits per heavy atom. The van der Waals surface area contributed by atoms with Crippen LogP contribution in [0.5, 0.6) is 0 Å². The van der Waals surface area contributed by atoms with Crippen LogP contribution in [0, 0.1) is 12.3 Å². The van der Waals surface area contributed by atoms with Crippen molar-refractivity contribution in [1.82, 2.24) is 20.2 Å². The molecule has 6 heteroatoms. The van der Waals surface area contributed by atoms with Crippen LogP contribution in [0.4, 0.5) is 0 Å². The van der Waals surface area contributed by atoms with Crippen LogP contribution in [0.15, 0.2) is 12.4 Å². The van der Waals surface area contributed by atoms with Gasteiger partial charge in [-0.3, -0.25) is 4.90 Å². The standard InChI is InChI=1S/C16H26N4.2ClH/c1-14-18-11-15(12-19-14)13-20-9-2-3-16(6-10-20)4-7-17-8-5-16;;/h11-12,17H,2-10,13H2,1H3;2*1H. The Morgan fingerprint density at radius 2 is 1.73 bits per heavy atom. The van der Waals surface area contributed by atoms with Crippen molar-refractivity contribution < 1.29 is 0 Å². The number of piperidine rings is 1. The largest absolute Gasteiger partial charge is 0.317 e. The highest BCUT2D eigenvalue weighted by Crippen LogP contribution is 2.39. The number of aryl methyl sites for hydroxylation is 1. The molecule has 22 heavy (non-hydrogen) atoms. The minimum Gasteiger partial charge on any atom is -0.317 e. The number of hydrogen-bond acceptors (Lipinski definition) is 4. The van der Waals surface area contributed by atoms with Crippen LogP contribution in [-0.4, -0.2) is 41.0 Å². The molecular formula is C16H28Cl2N4. The molecule has 0 bridgehead atoms. The third-order valence-electron chi connectivity index (χ3n) is 5.04. The molecule has 3 rings (SSSR count). The van der Waals surface area contributed by atoms with Crippen molar-refractivity contribution >= 4 is 24.8 Å². The summed E-state index contributed by atoms with van der Waals surface area (Å²) in [5.74, 6) is 0.860. The normalized spacial score (nSPS) is 21.5. The van der Waals surface area contributed by atoms with Crippen molar-refractivity contribution in [3.63, 3.8) is 0 Å². The molecule has 1 aromatic rings. The summed E-state index contributed by atoms with van der Waals surface area (Å²) in [6.45, 7) is 7.83. The zero-order valence-corrected chi connectivity index (χ0v) is 15.0. The highest BCUT2D eigenvalue weighted by atomic mass is 35.5. The lowest BCUT2D eigenvalue weighted by molar-refractivity contribution is 0.167. The summed E-state index contributed by atoms with van der Waals surface area (Å²) in [5, 5.41) is 3.50. The van der Waals surface area contributed by atoms with Gasteiger partial charge in [-0.15, -0.1) is 24.8 Å². The highest BCUT2D eigenvalue weighted by Gasteiger charge is 2.33. The van der Waals surface area contributed by atoms with Crippen LogP contribution in [0.1, 0.15) is 43.5 Å². The summed E-state index contributed by atoms with van der Waals surface area (Å²) in [7, 11) is 0. The fourth-order valence-corrected chi connectivity index (χ4v) is 3.68. The zero-order chi connectivity index (χ0) is 13.8. The molecule has 1 N–H and O–H groups in total. The Bertz CT molecular complexity index is 432. The second-order valence-corrected chi connectivity index (χ2v) is 6.52. The van der Waals surface area contributed by atoms with Gasteiger partial charge in [0.25, 0.3) is 0 Å². The predicted octanol–water partition coefficient (Wildman–Crippen LogP) is 2.98. The van der Waals surface area contributed by atoms with E-state index in [2.05, 4.69) is 20.2 Å². The van der Waals surface area contributed by atoms with Crippen LogP contribution in [0.2, 0.25) is 0 Å².